The van der Waals surface area contributed by atoms with Crippen molar-refractivity contribution >= 4 is 35.5 Å². The van der Waals surface area contributed by atoms with Crippen molar-refractivity contribution in [1.82, 2.24) is 16.0 Å². The van der Waals surface area contributed by atoms with E-state index in [0.717, 1.165) is 0 Å². The van der Waals surface area contributed by atoms with Gasteiger partial charge in [-0.2, -0.15) is 11.8 Å². The van der Waals surface area contributed by atoms with E-state index in [0.29, 0.717) is 18.6 Å². The molecule has 0 radical (unpaired) electrons. The summed E-state index contributed by atoms with van der Waals surface area (Å²) in [6.07, 6.45) is 2.70. The molecule has 0 saturated carbocycles. The highest BCUT2D eigenvalue weighted by atomic mass is 32.2. The van der Waals surface area contributed by atoms with Gasteiger partial charge in [0, 0.05) is 0 Å². The van der Waals surface area contributed by atoms with Gasteiger partial charge in [-0.05, 0) is 30.8 Å². The van der Waals surface area contributed by atoms with E-state index in [-0.39, 0.29) is 12.5 Å². The zero-order valence-corrected chi connectivity index (χ0v) is 15.6. The molecule has 3 amide bonds. The molecule has 0 aromatic rings. The molecule has 0 heterocycles. The molecule has 0 rings (SSSR count). The first-order valence-corrected chi connectivity index (χ1v) is 9.37. The number of aliphatic carboxylic acids is 1. The number of hydrogen-bond acceptors (Lipinski definition) is 6. The SMILES string of the molecule is CSCCC(NC(=O)CNC(=O)C(N)CC(C)C)C(=O)NCC(=O)O. The molecule has 0 aromatic heterocycles. The molecule has 0 spiro atoms. The Kier molecular flexibility index (Phi) is 11.6. The van der Waals surface area contributed by atoms with Gasteiger partial charge in [0.25, 0.3) is 0 Å². The zero-order valence-electron chi connectivity index (χ0n) is 14.8. The highest BCUT2D eigenvalue weighted by Gasteiger charge is 2.22. The van der Waals surface area contributed by atoms with Crippen molar-refractivity contribution in [2.75, 3.05) is 25.1 Å². The van der Waals surface area contributed by atoms with Crippen molar-refractivity contribution in [2.45, 2.75) is 38.8 Å². The van der Waals surface area contributed by atoms with Crippen molar-refractivity contribution < 1.29 is 24.3 Å². The average molecular weight is 376 g/mol. The highest BCUT2D eigenvalue weighted by Crippen LogP contribution is 2.03. The summed E-state index contributed by atoms with van der Waals surface area (Å²) >= 11 is 1.49. The largest absolute Gasteiger partial charge is 0.480 e. The van der Waals surface area contributed by atoms with Gasteiger partial charge >= 0.3 is 5.97 Å². The molecule has 10 heteroatoms. The molecule has 0 aliphatic carbocycles. The number of nitrogens with one attached hydrogen (secondary N) is 3. The number of rotatable bonds is 12. The monoisotopic (exact) mass is 376 g/mol. The van der Waals surface area contributed by atoms with Gasteiger partial charge in [0.1, 0.15) is 12.6 Å². The molecule has 0 bridgehead atoms. The summed E-state index contributed by atoms with van der Waals surface area (Å²) in [5.74, 6) is -1.86. The first kappa shape index (κ1) is 23.2. The summed E-state index contributed by atoms with van der Waals surface area (Å²) in [7, 11) is 0. The minimum Gasteiger partial charge on any atom is -0.480 e. The Balaban J connectivity index is 4.47. The van der Waals surface area contributed by atoms with Crippen molar-refractivity contribution in [2.24, 2.45) is 11.7 Å². The van der Waals surface area contributed by atoms with Gasteiger partial charge in [0.05, 0.1) is 12.6 Å². The average Bonchev–Trinajstić information content (AvgIpc) is 2.53. The molecule has 0 aliphatic heterocycles. The fraction of sp³-hybridized carbons (Fsp3) is 0.733. The zero-order chi connectivity index (χ0) is 19.4. The summed E-state index contributed by atoms with van der Waals surface area (Å²) in [6.45, 7) is 3.05. The quantitative estimate of drug-likeness (QED) is 0.290. The van der Waals surface area contributed by atoms with Crippen LogP contribution in [0.4, 0.5) is 0 Å². The molecule has 25 heavy (non-hydrogen) atoms. The van der Waals surface area contributed by atoms with E-state index < -0.39 is 42.3 Å². The van der Waals surface area contributed by atoms with Gasteiger partial charge in [-0.1, -0.05) is 13.8 Å². The second-order valence-electron chi connectivity index (χ2n) is 5.97. The molecule has 144 valence electrons. The van der Waals surface area contributed by atoms with E-state index in [1.54, 1.807) is 0 Å². The number of thioether (sulfide) groups is 1. The topological polar surface area (TPSA) is 151 Å². The van der Waals surface area contributed by atoms with Crippen LogP contribution in [0.25, 0.3) is 0 Å². The van der Waals surface area contributed by atoms with Crippen molar-refractivity contribution in [3.8, 4) is 0 Å². The van der Waals surface area contributed by atoms with E-state index >= 15 is 0 Å². The number of amides is 3. The number of carbonyl (C=O) groups excluding carboxylic acids is 3. The Morgan fingerprint density at radius 3 is 2.20 bits per heavy atom. The van der Waals surface area contributed by atoms with Crippen LogP contribution < -0.4 is 21.7 Å². The Bertz CT molecular complexity index is 473. The van der Waals surface area contributed by atoms with E-state index in [1.807, 2.05) is 20.1 Å². The third-order valence-electron chi connectivity index (χ3n) is 3.16. The predicted molar refractivity (Wildman–Crippen MR) is 96.0 cm³/mol. The van der Waals surface area contributed by atoms with E-state index in [9.17, 15) is 19.2 Å². The minimum absolute atomic E-state index is 0.253. The van der Waals surface area contributed by atoms with Crippen molar-refractivity contribution in [3.05, 3.63) is 0 Å². The van der Waals surface area contributed by atoms with Crippen LogP contribution >= 0.6 is 11.8 Å². The first-order valence-electron chi connectivity index (χ1n) is 7.98. The number of carboxylic acids is 1. The molecule has 0 aromatic carbocycles. The third kappa shape index (κ3) is 11.4. The van der Waals surface area contributed by atoms with E-state index in [2.05, 4.69) is 16.0 Å². The van der Waals surface area contributed by atoms with Crippen molar-refractivity contribution in [3.63, 3.8) is 0 Å². The maximum atomic E-state index is 12.0. The normalized spacial score (nSPS) is 13.0. The van der Waals surface area contributed by atoms with Gasteiger partial charge < -0.3 is 26.8 Å². The molecular formula is C15H28N4O5S. The molecule has 6 N–H and O–H groups in total. The first-order chi connectivity index (χ1) is 11.7. The Morgan fingerprint density at radius 1 is 1.08 bits per heavy atom. The van der Waals surface area contributed by atoms with Gasteiger partial charge in [0.15, 0.2) is 0 Å². The van der Waals surface area contributed by atoms with Gasteiger partial charge in [-0.3, -0.25) is 19.2 Å². The molecular weight excluding hydrogens is 348 g/mol. The summed E-state index contributed by atoms with van der Waals surface area (Å²) in [6, 6.07) is -1.56. The van der Waals surface area contributed by atoms with Crippen LogP contribution in [0.1, 0.15) is 26.7 Å². The maximum Gasteiger partial charge on any atom is 0.322 e. The number of hydrogen-bond donors (Lipinski definition) is 5. The maximum absolute atomic E-state index is 12.0. The standard InChI is InChI=1S/C15H28N4O5S/c1-9(2)6-10(16)14(23)17-7-12(20)19-11(4-5-25-3)15(24)18-8-13(21)22/h9-11H,4-8,16H2,1-3H3,(H,17,23)(H,18,24)(H,19,20)(H,21,22). The Morgan fingerprint density at radius 2 is 1.68 bits per heavy atom. The highest BCUT2D eigenvalue weighted by molar-refractivity contribution is 7.98. The van der Waals surface area contributed by atoms with Crippen LogP contribution in [0.2, 0.25) is 0 Å². The lowest BCUT2D eigenvalue weighted by atomic mass is 10.0. The minimum atomic E-state index is -1.17. The van der Waals surface area contributed by atoms with Gasteiger partial charge in [-0.15, -0.1) is 0 Å². The molecule has 2 atom stereocenters. The lowest BCUT2D eigenvalue weighted by Crippen LogP contribution is -2.51. The van der Waals surface area contributed by atoms with Crippen LogP contribution in [0.15, 0.2) is 0 Å². The Labute approximate surface area is 151 Å². The summed E-state index contributed by atoms with van der Waals surface area (Å²) in [5.41, 5.74) is 5.72. The second-order valence-corrected chi connectivity index (χ2v) is 6.95. The molecule has 0 fully saturated rings. The smallest absolute Gasteiger partial charge is 0.322 e. The van der Waals surface area contributed by atoms with E-state index in [1.165, 1.54) is 11.8 Å². The Hall–Kier alpha value is -1.81. The van der Waals surface area contributed by atoms with Crippen LogP contribution in [-0.4, -0.2) is 66.0 Å². The number of carboxylic acid groups (broad SMARTS) is 1. The van der Waals surface area contributed by atoms with Crippen LogP contribution in [0, 0.1) is 5.92 Å². The lowest BCUT2D eigenvalue weighted by molar-refractivity contribution is -0.138. The molecule has 2 unspecified atom stereocenters. The molecule has 0 saturated heterocycles. The van der Waals surface area contributed by atoms with Gasteiger partial charge in [0.2, 0.25) is 17.7 Å². The molecule has 0 aliphatic rings. The van der Waals surface area contributed by atoms with Crippen LogP contribution in [0.3, 0.4) is 0 Å². The third-order valence-corrected chi connectivity index (χ3v) is 3.81. The lowest BCUT2D eigenvalue weighted by Gasteiger charge is -2.18. The summed E-state index contributed by atoms with van der Waals surface area (Å²) < 4.78 is 0. The molecule has 9 nitrogen and oxygen atoms in total. The van der Waals surface area contributed by atoms with Crippen molar-refractivity contribution in [1.29, 1.82) is 0 Å². The predicted octanol–water partition coefficient (Wildman–Crippen LogP) is -1.09. The van der Waals surface area contributed by atoms with Crippen LogP contribution in [0.5, 0.6) is 0 Å². The number of nitrogens with two attached hydrogens (primary N) is 1. The number of carbonyl (C=O) groups is 4. The van der Waals surface area contributed by atoms with E-state index in [4.69, 9.17) is 10.8 Å². The van der Waals surface area contributed by atoms with Gasteiger partial charge in [-0.25, -0.2) is 0 Å². The second kappa shape index (κ2) is 12.5. The van der Waals surface area contributed by atoms with Crippen LogP contribution in [-0.2, 0) is 19.2 Å². The summed E-state index contributed by atoms with van der Waals surface area (Å²) in [4.78, 5) is 46.2. The summed E-state index contributed by atoms with van der Waals surface area (Å²) in [5, 5.41) is 15.8. The fourth-order valence-electron chi connectivity index (χ4n) is 1.95. The fourth-order valence-corrected chi connectivity index (χ4v) is 2.42.